The second-order valence-corrected chi connectivity index (χ2v) is 6.73. The van der Waals surface area contributed by atoms with E-state index in [4.69, 9.17) is 0 Å². The summed E-state index contributed by atoms with van der Waals surface area (Å²) in [5.41, 5.74) is 0. The van der Waals surface area contributed by atoms with Gasteiger partial charge in [-0.3, -0.25) is 0 Å². The van der Waals surface area contributed by atoms with Crippen LogP contribution in [0.15, 0.2) is 0 Å². The van der Waals surface area contributed by atoms with Crippen molar-refractivity contribution in [3.63, 3.8) is 0 Å². The van der Waals surface area contributed by atoms with Gasteiger partial charge in [0.1, 0.15) is 0 Å². The van der Waals surface area contributed by atoms with Crippen LogP contribution in [0.1, 0.15) is 70.6 Å². The first-order chi connectivity index (χ1) is 9.34. The fraction of sp³-hybridized carbons (Fsp3) is 0.938. The number of hydrogen-bond donors (Lipinski definition) is 1. The Balaban J connectivity index is 1.55. The molecule has 0 bridgehead atoms. The van der Waals surface area contributed by atoms with Crippen LogP contribution in [0.4, 0.5) is 4.79 Å². The number of rotatable bonds is 2. The molecule has 1 aliphatic heterocycles. The van der Waals surface area contributed by atoms with E-state index < -0.39 is 0 Å². The smallest absolute Gasteiger partial charge is 0.317 e. The van der Waals surface area contributed by atoms with Crippen molar-refractivity contribution in [1.82, 2.24) is 10.2 Å². The molecule has 0 aromatic carbocycles. The van der Waals surface area contributed by atoms with E-state index in [1.807, 2.05) is 0 Å². The Bertz CT molecular complexity index is 306. The number of carbonyl (C=O) groups excluding carboxylic acids is 1. The van der Waals surface area contributed by atoms with Crippen molar-refractivity contribution in [2.75, 3.05) is 6.54 Å². The maximum Gasteiger partial charge on any atom is 0.317 e. The maximum atomic E-state index is 12.5. The van der Waals surface area contributed by atoms with Gasteiger partial charge in [0.25, 0.3) is 0 Å². The predicted octanol–water partition coefficient (Wildman–Crippen LogP) is 3.68. The molecular weight excluding hydrogens is 236 g/mol. The van der Waals surface area contributed by atoms with E-state index in [0.29, 0.717) is 12.1 Å². The second-order valence-electron chi connectivity index (χ2n) is 6.73. The van der Waals surface area contributed by atoms with Crippen molar-refractivity contribution in [2.45, 2.75) is 82.7 Å². The lowest BCUT2D eigenvalue weighted by Gasteiger charge is -2.32. The molecular formula is C16H28N2O. The van der Waals surface area contributed by atoms with Crippen LogP contribution < -0.4 is 5.32 Å². The largest absolute Gasteiger partial charge is 0.335 e. The van der Waals surface area contributed by atoms with Gasteiger partial charge in [0.05, 0.1) is 0 Å². The lowest BCUT2D eigenvalue weighted by molar-refractivity contribution is 0.166. The van der Waals surface area contributed by atoms with Gasteiger partial charge in [0.2, 0.25) is 0 Å². The Morgan fingerprint density at radius 1 is 0.842 bits per heavy atom. The first-order valence-corrected chi connectivity index (χ1v) is 8.42. The molecule has 1 atom stereocenters. The molecule has 0 aromatic rings. The lowest BCUT2D eigenvalue weighted by atomic mass is 9.95. The third-order valence-corrected chi connectivity index (χ3v) is 5.44. The van der Waals surface area contributed by atoms with Gasteiger partial charge < -0.3 is 10.2 Å². The van der Waals surface area contributed by atoms with Gasteiger partial charge in [-0.25, -0.2) is 4.79 Å². The van der Waals surface area contributed by atoms with Crippen molar-refractivity contribution in [3.05, 3.63) is 0 Å². The van der Waals surface area contributed by atoms with Gasteiger partial charge in [-0.1, -0.05) is 32.1 Å². The molecule has 1 unspecified atom stereocenters. The third kappa shape index (κ3) is 3.06. The van der Waals surface area contributed by atoms with E-state index in [0.717, 1.165) is 12.5 Å². The quantitative estimate of drug-likeness (QED) is 0.810. The Hall–Kier alpha value is -0.730. The zero-order chi connectivity index (χ0) is 13.1. The molecule has 3 fully saturated rings. The topological polar surface area (TPSA) is 32.3 Å². The summed E-state index contributed by atoms with van der Waals surface area (Å²) in [4.78, 5) is 14.7. The molecule has 1 saturated heterocycles. The number of nitrogens with one attached hydrogen (secondary N) is 1. The Labute approximate surface area is 117 Å². The van der Waals surface area contributed by atoms with Crippen molar-refractivity contribution in [2.24, 2.45) is 5.92 Å². The molecule has 19 heavy (non-hydrogen) atoms. The Morgan fingerprint density at radius 3 is 2.26 bits per heavy atom. The minimum Gasteiger partial charge on any atom is -0.335 e. The molecule has 3 nitrogen and oxygen atoms in total. The monoisotopic (exact) mass is 264 g/mol. The zero-order valence-corrected chi connectivity index (χ0v) is 12.1. The average Bonchev–Trinajstić information content (AvgIpc) is 3.10. The minimum absolute atomic E-state index is 0.237. The van der Waals surface area contributed by atoms with Gasteiger partial charge in [-0.05, 0) is 44.4 Å². The molecule has 1 N–H and O–H groups in total. The van der Waals surface area contributed by atoms with Crippen LogP contribution in [0.2, 0.25) is 0 Å². The van der Waals surface area contributed by atoms with Crippen molar-refractivity contribution in [3.8, 4) is 0 Å². The SMILES string of the molecule is O=C(NC1CCCCC1)N1CCCC1C1CCCC1. The number of carbonyl (C=O) groups is 1. The van der Waals surface area contributed by atoms with Gasteiger partial charge in [0.15, 0.2) is 0 Å². The first kappa shape index (κ1) is 13.3. The van der Waals surface area contributed by atoms with Gasteiger partial charge in [-0.2, -0.15) is 0 Å². The standard InChI is InChI=1S/C16H28N2O/c19-16(17-14-9-2-1-3-10-14)18-12-6-11-15(18)13-7-4-5-8-13/h13-15H,1-12H2,(H,17,19). The van der Waals surface area contributed by atoms with Crippen LogP contribution in [0.25, 0.3) is 0 Å². The highest BCUT2D eigenvalue weighted by molar-refractivity contribution is 5.75. The second kappa shape index (κ2) is 6.15. The van der Waals surface area contributed by atoms with E-state index in [9.17, 15) is 4.79 Å². The first-order valence-electron chi connectivity index (χ1n) is 8.42. The highest BCUT2D eigenvalue weighted by Gasteiger charge is 2.36. The number of hydrogen-bond acceptors (Lipinski definition) is 1. The van der Waals surface area contributed by atoms with Crippen LogP contribution in [-0.4, -0.2) is 29.6 Å². The van der Waals surface area contributed by atoms with Crippen LogP contribution in [0.3, 0.4) is 0 Å². The summed E-state index contributed by atoms with van der Waals surface area (Å²) in [5, 5.41) is 3.30. The van der Waals surface area contributed by atoms with E-state index in [-0.39, 0.29) is 6.03 Å². The fourth-order valence-corrected chi connectivity index (χ4v) is 4.38. The fourth-order valence-electron chi connectivity index (χ4n) is 4.38. The maximum absolute atomic E-state index is 12.5. The molecule has 2 saturated carbocycles. The minimum atomic E-state index is 0.237. The Kier molecular flexibility index (Phi) is 4.29. The van der Waals surface area contributed by atoms with Gasteiger partial charge >= 0.3 is 6.03 Å². The summed E-state index contributed by atoms with van der Waals surface area (Å²) in [5.74, 6) is 0.791. The summed E-state index contributed by atoms with van der Waals surface area (Å²) in [6, 6.07) is 1.23. The molecule has 2 aliphatic carbocycles. The lowest BCUT2D eigenvalue weighted by Crippen LogP contribution is -2.48. The normalized spacial score (nSPS) is 29.9. The summed E-state index contributed by atoms with van der Waals surface area (Å²) in [6.07, 6.45) is 14.2. The number of likely N-dealkylation sites (tertiary alicyclic amines) is 1. The third-order valence-electron chi connectivity index (χ3n) is 5.44. The summed E-state index contributed by atoms with van der Waals surface area (Å²) < 4.78 is 0. The summed E-state index contributed by atoms with van der Waals surface area (Å²) >= 11 is 0. The van der Waals surface area contributed by atoms with E-state index in [2.05, 4.69) is 10.2 Å². The van der Waals surface area contributed by atoms with Crippen LogP contribution in [0, 0.1) is 5.92 Å². The highest BCUT2D eigenvalue weighted by Crippen LogP contribution is 2.35. The van der Waals surface area contributed by atoms with Crippen molar-refractivity contribution in [1.29, 1.82) is 0 Å². The van der Waals surface area contributed by atoms with Crippen molar-refractivity contribution < 1.29 is 4.79 Å². The van der Waals surface area contributed by atoms with Crippen LogP contribution in [0.5, 0.6) is 0 Å². The van der Waals surface area contributed by atoms with E-state index in [1.54, 1.807) is 0 Å². The number of urea groups is 1. The van der Waals surface area contributed by atoms with Gasteiger partial charge in [-0.15, -0.1) is 0 Å². The number of amides is 2. The van der Waals surface area contributed by atoms with Crippen LogP contribution >= 0.6 is 0 Å². The van der Waals surface area contributed by atoms with E-state index in [1.165, 1.54) is 70.6 Å². The number of nitrogens with zero attached hydrogens (tertiary/aromatic N) is 1. The molecule has 0 aromatic heterocycles. The molecule has 2 amide bonds. The molecule has 3 aliphatic rings. The predicted molar refractivity (Wildman–Crippen MR) is 77.1 cm³/mol. The van der Waals surface area contributed by atoms with Gasteiger partial charge in [0, 0.05) is 18.6 Å². The van der Waals surface area contributed by atoms with Crippen molar-refractivity contribution >= 4 is 6.03 Å². The van der Waals surface area contributed by atoms with E-state index >= 15 is 0 Å². The molecule has 1 heterocycles. The average molecular weight is 264 g/mol. The zero-order valence-electron chi connectivity index (χ0n) is 12.1. The summed E-state index contributed by atoms with van der Waals surface area (Å²) in [7, 11) is 0. The molecule has 3 heteroatoms. The molecule has 0 radical (unpaired) electrons. The highest BCUT2D eigenvalue weighted by atomic mass is 16.2. The Morgan fingerprint density at radius 2 is 1.53 bits per heavy atom. The molecule has 108 valence electrons. The molecule has 3 rings (SSSR count). The molecule has 0 spiro atoms. The summed E-state index contributed by atoms with van der Waals surface area (Å²) in [6.45, 7) is 0.986. The van der Waals surface area contributed by atoms with Crippen LogP contribution in [-0.2, 0) is 0 Å².